The Balaban J connectivity index is 1.58. The molecular formula is C16H18ClN3. The molecule has 3 nitrogen and oxygen atoms in total. The van der Waals surface area contributed by atoms with Crippen molar-refractivity contribution >= 4 is 11.6 Å². The van der Waals surface area contributed by atoms with E-state index in [2.05, 4.69) is 27.0 Å². The van der Waals surface area contributed by atoms with Crippen molar-refractivity contribution in [3.8, 4) is 0 Å². The van der Waals surface area contributed by atoms with Crippen molar-refractivity contribution in [2.24, 2.45) is 0 Å². The van der Waals surface area contributed by atoms with Crippen molar-refractivity contribution in [2.45, 2.75) is 25.3 Å². The summed E-state index contributed by atoms with van der Waals surface area (Å²) in [5.41, 5.74) is 2.59. The summed E-state index contributed by atoms with van der Waals surface area (Å²) in [7, 11) is 0. The summed E-state index contributed by atoms with van der Waals surface area (Å²) >= 11 is 6.17. The lowest BCUT2D eigenvalue weighted by Gasteiger charge is -2.32. The van der Waals surface area contributed by atoms with E-state index in [0.29, 0.717) is 5.92 Å². The molecular weight excluding hydrogens is 270 g/mol. The van der Waals surface area contributed by atoms with Crippen LogP contribution >= 0.6 is 11.6 Å². The number of hydrogen-bond acceptors (Lipinski definition) is 3. The average molecular weight is 288 g/mol. The molecule has 0 amide bonds. The Morgan fingerprint density at radius 3 is 2.45 bits per heavy atom. The van der Waals surface area contributed by atoms with Gasteiger partial charge < -0.3 is 0 Å². The van der Waals surface area contributed by atoms with E-state index in [1.807, 2.05) is 24.7 Å². The summed E-state index contributed by atoms with van der Waals surface area (Å²) < 4.78 is 0. The van der Waals surface area contributed by atoms with Crippen LogP contribution in [-0.2, 0) is 6.54 Å². The van der Waals surface area contributed by atoms with Crippen LogP contribution in [0.25, 0.3) is 0 Å². The topological polar surface area (TPSA) is 29.0 Å². The normalized spacial score (nSPS) is 17.2. The third-order valence-corrected chi connectivity index (χ3v) is 4.36. The van der Waals surface area contributed by atoms with E-state index in [0.717, 1.165) is 24.7 Å². The van der Waals surface area contributed by atoms with Crippen molar-refractivity contribution < 1.29 is 0 Å². The van der Waals surface area contributed by atoms with Gasteiger partial charge in [-0.1, -0.05) is 11.6 Å². The third-order valence-electron chi connectivity index (χ3n) is 4.02. The number of rotatable bonds is 3. The van der Waals surface area contributed by atoms with E-state index in [4.69, 9.17) is 11.6 Å². The van der Waals surface area contributed by atoms with Gasteiger partial charge in [0.05, 0.1) is 5.02 Å². The Hall–Kier alpha value is -1.45. The molecule has 0 unspecified atom stereocenters. The highest BCUT2D eigenvalue weighted by atomic mass is 35.5. The van der Waals surface area contributed by atoms with Gasteiger partial charge in [-0.2, -0.15) is 0 Å². The van der Waals surface area contributed by atoms with Crippen LogP contribution in [-0.4, -0.2) is 28.0 Å². The van der Waals surface area contributed by atoms with Crippen LogP contribution in [0.2, 0.25) is 5.02 Å². The highest BCUT2D eigenvalue weighted by Gasteiger charge is 2.20. The molecule has 104 valence electrons. The molecule has 1 aliphatic rings. The SMILES string of the molecule is Clc1cnccc1CN1CCC(c2ccncc2)CC1. The fraction of sp³-hybridized carbons (Fsp3) is 0.375. The number of likely N-dealkylation sites (tertiary alicyclic amines) is 1. The van der Waals surface area contributed by atoms with E-state index in [-0.39, 0.29) is 0 Å². The predicted molar refractivity (Wildman–Crippen MR) is 80.7 cm³/mol. The smallest absolute Gasteiger partial charge is 0.0634 e. The lowest BCUT2D eigenvalue weighted by atomic mass is 9.90. The molecule has 0 aliphatic carbocycles. The molecule has 0 saturated carbocycles. The van der Waals surface area contributed by atoms with Crippen LogP contribution in [0.1, 0.15) is 29.9 Å². The molecule has 3 heterocycles. The molecule has 3 rings (SSSR count). The molecule has 20 heavy (non-hydrogen) atoms. The van der Waals surface area contributed by atoms with E-state index < -0.39 is 0 Å². The largest absolute Gasteiger partial charge is 0.299 e. The van der Waals surface area contributed by atoms with Crippen molar-refractivity contribution in [2.75, 3.05) is 13.1 Å². The second-order valence-electron chi connectivity index (χ2n) is 5.30. The number of piperidine rings is 1. The number of aromatic nitrogens is 2. The summed E-state index contributed by atoms with van der Waals surface area (Å²) in [5, 5.41) is 0.767. The first kappa shape index (κ1) is 13.5. The van der Waals surface area contributed by atoms with Gasteiger partial charge >= 0.3 is 0 Å². The Kier molecular flexibility index (Phi) is 4.28. The van der Waals surface area contributed by atoms with Crippen LogP contribution in [0.15, 0.2) is 43.0 Å². The van der Waals surface area contributed by atoms with Crippen LogP contribution in [0.4, 0.5) is 0 Å². The van der Waals surface area contributed by atoms with Crippen LogP contribution < -0.4 is 0 Å². The van der Waals surface area contributed by atoms with Gasteiger partial charge in [-0.05, 0) is 61.2 Å². The molecule has 0 aromatic carbocycles. The fourth-order valence-corrected chi connectivity index (χ4v) is 3.01. The maximum absolute atomic E-state index is 6.17. The molecule has 0 bridgehead atoms. The minimum atomic E-state index is 0.669. The van der Waals surface area contributed by atoms with Gasteiger partial charge in [0.15, 0.2) is 0 Å². The number of hydrogen-bond donors (Lipinski definition) is 0. The molecule has 1 saturated heterocycles. The number of pyridine rings is 2. The Morgan fingerprint density at radius 2 is 1.75 bits per heavy atom. The monoisotopic (exact) mass is 287 g/mol. The zero-order valence-electron chi connectivity index (χ0n) is 11.4. The molecule has 0 N–H and O–H groups in total. The van der Waals surface area contributed by atoms with Gasteiger partial charge in [0.1, 0.15) is 0 Å². The molecule has 4 heteroatoms. The number of halogens is 1. The predicted octanol–water partition coefficient (Wildman–Crippen LogP) is 3.51. The van der Waals surface area contributed by atoms with Gasteiger partial charge in [-0.3, -0.25) is 14.9 Å². The Morgan fingerprint density at radius 1 is 1.05 bits per heavy atom. The molecule has 1 fully saturated rings. The van der Waals surface area contributed by atoms with E-state index in [1.165, 1.54) is 24.0 Å². The van der Waals surface area contributed by atoms with Crippen LogP contribution in [0, 0.1) is 0 Å². The average Bonchev–Trinajstić information content (AvgIpc) is 2.51. The molecule has 2 aromatic rings. The standard InChI is InChI=1S/C16H18ClN3/c17-16-11-19-8-3-15(16)12-20-9-4-14(5-10-20)13-1-6-18-7-2-13/h1-3,6-8,11,14H,4-5,9-10,12H2. The first-order chi connectivity index (χ1) is 9.83. The Labute approximate surface area is 124 Å². The summed E-state index contributed by atoms with van der Waals surface area (Å²) in [6.07, 6.45) is 9.71. The van der Waals surface area contributed by atoms with E-state index >= 15 is 0 Å². The highest BCUT2D eigenvalue weighted by molar-refractivity contribution is 6.31. The van der Waals surface area contributed by atoms with Gasteiger partial charge in [-0.25, -0.2) is 0 Å². The minimum absolute atomic E-state index is 0.669. The van der Waals surface area contributed by atoms with Gasteiger partial charge in [0, 0.05) is 31.3 Å². The maximum atomic E-state index is 6.17. The quantitative estimate of drug-likeness (QED) is 0.865. The fourth-order valence-electron chi connectivity index (χ4n) is 2.83. The van der Waals surface area contributed by atoms with Gasteiger partial charge in [0.25, 0.3) is 0 Å². The van der Waals surface area contributed by atoms with Gasteiger partial charge in [0.2, 0.25) is 0 Å². The first-order valence-corrected chi connectivity index (χ1v) is 7.41. The van der Waals surface area contributed by atoms with Crippen molar-refractivity contribution in [3.05, 3.63) is 59.1 Å². The van der Waals surface area contributed by atoms with Gasteiger partial charge in [-0.15, -0.1) is 0 Å². The second-order valence-corrected chi connectivity index (χ2v) is 5.71. The maximum Gasteiger partial charge on any atom is 0.0634 e. The molecule has 2 aromatic heterocycles. The molecule has 0 radical (unpaired) electrons. The highest BCUT2D eigenvalue weighted by Crippen LogP contribution is 2.28. The van der Waals surface area contributed by atoms with E-state index in [9.17, 15) is 0 Å². The lowest BCUT2D eigenvalue weighted by Crippen LogP contribution is -2.32. The van der Waals surface area contributed by atoms with E-state index in [1.54, 1.807) is 6.20 Å². The zero-order chi connectivity index (χ0) is 13.8. The summed E-state index contributed by atoms with van der Waals surface area (Å²) in [6, 6.07) is 6.29. The van der Waals surface area contributed by atoms with Crippen LogP contribution in [0.5, 0.6) is 0 Å². The zero-order valence-corrected chi connectivity index (χ0v) is 12.1. The second kappa shape index (κ2) is 6.33. The molecule has 0 spiro atoms. The first-order valence-electron chi connectivity index (χ1n) is 7.03. The van der Waals surface area contributed by atoms with Crippen LogP contribution in [0.3, 0.4) is 0 Å². The van der Waals surface area contributed by atoms with Crippen molar-refractivity contribution in [3.63, 3.8) is 0 Å². The molecule has 1 aliphatic heterocycles. The summed E-state index contributed by atoms with van der Waals surface area (Å²) in [4.78, 5) is 10.6. The summed E-state index contributed by atoms with van der Waals surface area (Å²) in [5.74, 6) is 0.669. The number of nitrogens with zero attached hydrogens (tertiary/aromatic N) is 3. The third kappa shape index (κ3) is 3.17. The summed E-state index contributed by atoms with van der Waals surface area (Å²) in [6.45, 7) is 3.15. The Bertz CT molecular complexity index is 551. The molecule has 0 atom stereocenters. The van der Waals surface area contributed by atoms with Crippen molar-refractivity contribution in [1.82, 2.24) is 14.9 Å². The lowest BCUT2D eigenvalue weighted by molar-refractivity contribution is 0.204. The van der Waals surface area contributed by atoms with Crippen molar-refractivity contribution in [1.29, 1.82) is 0 Å². The minimum Gasteiger partial charge on any atom is -0.299 e.